The molecular weight excluding hydrogens is 284 g/mol. The highest BCUT2D eigenvalue weighted by atomic mass is 16.5. The molecule has 0 saturated carbocycles. The molecule has 0 radical (unpaired) electrons. The molecule has 0 spiro atoms. The molecule has 0 aromatic rings. The van der Waals surface area contributed by atoms with Crippen LogP contribution in [-0.2, 0) is 4.79 Å². The number of nitrogens with zero attached hydrogens (tertiary/aromatic N) is 1. The number of carboxylic acids is 1. The zero-order valence-electron chi connectivity index (χ0n) is 11.9. The second kappa shape index (κ2) is 11.8. The number of aliphatic carboxylic acids is 1. The Hall–Kier alpha value is -0.810. The van der Waals surface area contributed by atoms with E-state index in [9.17, 15) is 15.1 Å². The number of unbranched alkanes of at least 4 members (excludes halogenated alkanes) is 1. The molecule has 9 nitrogen and oxygen atoms in total. The number of hydrogen-bond donors (Lipinski definition) is 7. The predicted molar refractivity (Wildman–Crippen MR) is 72.8 cm³/mol. The lowest BCUT2D eigenvalue weighted by Gasteiger charge is -2.24. The van der Waals surface area contributed by atoms with Crippen LogP contribution < -0.4 is 5.32 Å². The molecule has 21 heavy (non-hydrogen) atoms. The number of aliphatic hydroxyl groups is 4. The lowest BCUT2D eigenvalue weighted by molar-refractivity contribution is -0.178. The Labute approximate surface area is 123 Å². The van der Waals surface area contributed by atoms with Gasteiger partial charge in [0.05, 0.1) is 32.0 Å². The van der Waals surface area contributed by atoms with E-state index in [1.54, 1.807) is 0 Å². The Morgan fingerprint density at radius 2 is 1.71 bits per heavy atom. The first-order chi connectivity index (χ1) is 9.92. The van der Waals surface area contributed by atoms with Crippen LogP contribution in [0.5, 0.6) is 0 Å². The van der Waals surface area contributed by atoms with Gasteiger partial charge in [0.1, 0.15) is 6.04 Å². The van der Waals surface area contributed by atoms with E-state index < -0.39 is 30.8 Å². The Morgan fingerprint density at radius 3 is 2.24 bits per heavy atom. The second-order valence-corrected chi connectivity index (χ2v) is 4.85. The zero-order valence-corrected chi connectivity index (χ0v) is 11.9. The van der Waals surface area contributed by atoms with E-state index in [1.807, 2.05) is 0 Å². The van der Waals surface area contributed by atoms with E-state index in [0.29, 0.717) is 24.4 Å². The lowest BCUT2D eigenvalue weighted by atomic mass is 10.1. The molecule has 0 aliphatic heterocycles. The third kappa shape index (κ3) is 9.69. The van der Waals surface area contributed by atoms with Crippen LogP contribution in [0.2, 0.25) is 0 Å². The molecule has 0 aliphatic rings. The molecule has 0 rings (SSSR count). The molecular formula is C12H26N2O7. The molecule has 0 aromatic heterocycles. The van der Waals surface area contributed by atoms with Crippen molar-refractivity contribution in [3.05, 3.63) is 0 Å². The summed E-state index contributed by atoms with van der Waals surface area (Å²) in [6.45, 7) is -0.405. The van der Waals surface area contributed by atoms with E-state index in [2.05, 4.69) is 5.32 Å². The lowest BCUT2D eigenvalue weighted by Crippen LogP contribution is -2.43. The maximum Gasteiger partial charge on any atom is 0.323 e. The molecule has 0 aliphatic carbocycles. The number of hydroxylamine groups is 2. The van der Waals surface area contributed by atoms with Crippen molar-refractivity contribution in [2.75, 3.05) is 32.8 Å². The van der Waals surface area contributed by atoms with E-state index in [0.717, 1.165) is 0 Å². The van der Waals surface area contributed by atoms with Crippen molar-refractivity contribution in [1.82, 2.24) is 10.4 Å². The molecule has 126 valence electrons. The molecule has 2 unspecified atom stereocenters. The largest absolute Gasteiger partial charge is 0.480 e. The van der Waals surface area contributed by atoms with E-state index in [4.69, 9.17) is 20.4 Å². The smallest absolute Gasteiger partial charge is 0.323 e. The van der Waals surface area contributed by atoms with Gasteiger partial charge in [-0.15, -0.1) is 0 Å². The third-order valence-corrected chi connectivity index (χ3v) is 2.93. The van der Waals surface area contributed by atoms with E-state index >= 15 is 0 Å². The van der Waals surface area contributed by atoms with Crippen LogP contribution in [0.15, 0.2) is 0 Å². The molecule has 7 N–H and O–H groups in total. The first-order valence-electron chi connectivity index (χ1n) is 6.89. The number of carboxylic acid groups (broad SMARTS) is 1. The number of carbonyl (C=O) groups is 1. The van der Waals surface area contributed by atoms with Gasteiger partial charge in [0.2, 0.25) is 0 Å². The number of nitrogens with one attached hydrogen (secondary N) is 1. The van der Waals surface area contributed by atoms with Gasteiger partial charge < -0.3 is 36.1 Å². The summed E-state index contributed by atoms with van der Waals surface area (Å²) in [5.41, 5.74) is 0. The molecule has 0 heterocycles. The summed E-state index contributed by atoms with van der Waals surface area (Å²) in [6.07, 6.45) is -0.666. The first-order valence-corrected chi connectivity index (χ1v) is 6.89. The maximum absolute atomic E-state index is 11.0. The van der Waals surface area contributed by atoms with Gasteiger partial charge in [-0.2, -0.15) is 5.06 Å². The van der Waals surface area contributed by atoms with Crippen molar-refractivity contribution in [1.29, 1.82) is 0 Å². The fourth-order valence-electron chi connectivity index (χ4n) is 1.72. The molecule has 0 bridgehead atoms. The summed E-state index contributed by atoms with van der Waals surface area (Å²) in [7, 11) is 0. The van der Waals surface area contributed by atoms with Crippen LogP contribution in [-0.4, -0.2) is 92.9 Å². The van der Waals surface area contributed by atoms with Crippen LogP contribution in [0.25, 0.3) is 0 Å². The van der Waals surface area contributed by atoms with Crippen molar-refractivity contribution >= 4 is 5.97 Å². The predicted octanol–water partition coefficient (Wildman–Crippen LogP) is -2.40. The highest BCUT2D eigenvalue weighted by Gasteiger charge is 2.25. The fraction of sp³-hybridized carbons (Fsp3) is 0.917. The minimum absolute atomic E-state index is 0.189. The van der Waals surface area contributed by atoms with Gasteiger partial charge in [-0.25, -0.2) is 0 Å². The quantitative estimate of drug-likeness (QED) is 0.146. The van der Waals surface area contributed by atoms with E-state index in [-0.39, 0.29) is 26.1 Å². The molecule has 0 amide bonds. The van der Waals surface area contributed by atoms with Crippen LogP contribution in [0.1, 0.15) is 19.3 Å². The van der Waals surface area contributed by atoms with Gasteiger partial charge in [0, 0.05) is 6.54 Å². The summed E-state index contributed by atoms with van der Waals surface area (Å²) in [4.78, 5) is 11.0. The summed E-state index contributed by atoms with van der Waals surface area (Å²) in [5.74, 6) is -1.20. The number of rotatable bonds is 13. The monoisotopic (exact) mass is 310 g/mol. The van der Waals surface area contributed by atoms with Gasteiger partial charge in [-0.05, 0) is 25.8 Å². The van der Waals surface area contributed by atoms with Crippen molar-refractivity contribution in [2.45, 2.75) is 37.5 Å². The zero-order chi connectivity index (χ0) is 16.3. The highest BCUT2D eigenvalue weighted by molar-refractivity contribution is 5.73. The van der Waals surface area contributed by atoms with Gasteiger partial charge in [-0.3, -0.25) is 4.79 Å². The normalized spacial score (nSPS) is 15.9. The minimum Gasteiger partial charge on any atom is -0.480 e. The Morgan fingerprint density at radius 1 is 1.10 bits per heavy atom. The van der Waals surface area contributed by atoms with Crippen molar-refractivity contribution in [3.8, 4) is 0 Å². The molecule has 0 fully saturated rings. The van der Waals surface area contributed by atoms with Gasteiger partial charge in [0.25, 0.3) is 0 Å². The van der Waals surface area contributed by atoms with Crippen LogP contribution in [0.4, 0.5) is 0 Å². The van der Waals surface area contributed by atoms with E-state index in [1.165, 1.54) is 0 Å². The van der Waals surface area contributed by atoms with Crippen LogP contribution in [0.3, 0.4) is 0 Å². The first kappa shape index (κ1) is 20.2. The average molecular weight is 310 g/mol. The van der Waals surface area contributed by atoms with Gasteiger partial charge in [0.15, 0.2) is 0 Å². The summed E-state index contributed by atoms with van der Waals surface area (Å²) in [6, 6.07) is -1.14. The fourth-order valence-corrected chi connectivity index (χ4v) is 1.72. The number of aliphatic hydroxyl groups excluding tert-OH is 4. The van der Waals surface area contributed by atoms with Crippen molar-refractivity contribution in [3.63, 3.8) is 0 Å². The van der Waals surface area contributed by atoms with Crippen molar-refractivity contribution in [2.24, 2.45) is 0 Å². The summed E-state index contributed by atoms with van der Waals surface area (Å²) >= 11 is 0. The van der Waals surface area contributed by atoms with Crippen molar-refractivity contribution < 1.29 is 35.5 Å². The highest BCUT2D eigenvalue weighted by Crippen LogP contribution is 2.08. The summed E-state index contributed by atoms with van der Waals surface area (Å²) < 4.78 is 0. The molecule has 9 heteroatoms. The standard InChI is InChI=1S/C12H26N2O7/c15-7-9(17)5-13-4-2-1-3-11(12(19)20)14(21)6-10(18)8-16/h9-11,13,15-18,21H,1-8H2,(H,19,20)/t9?,10?,11-/m0/s1. The topological polar surface area (TPSA) is 154 Å². The van der Waals surface area contributed by atoms with Crippen LogP contribution >= 0.6 is 0 Å². The Balaban J connectivity index is 3.92. The Bertz CT molecular complexity index is 280. The maximum atomic E-state index is 11.0. The average Bonchev–Trinajstić information content (AvgIpc) is 2.45. The molecule has 0 saturated heterocycles. The SMILES string of the molecule is O=C(O)[C@H](CCCCNCC(O)CO)N(O)CC(O)CO. The molecule has 3 atom stereocenters. The van der Waals surface area contributed by atoms with Crippen LogP contribution in [0, 0.1) is 0 Å². The number of hydrogen-bond acceptors (Lipinski definition) is 8. The van der Waals surface area contributed by atoms with Gasteiger partial charge in [-0.1, -0.05) is 0 Å². The molecule has 0 aromatic carbocycles. The second-order valence-electron chi connectivity index (χ2n) is 4.85. The Kier molecular flexibility index (Phi) is 11.4. The van der Waals surface area contributed by atoms with Gasteiger partial charge >= 0.3 is 5.97 Å². The third-order valence-electron chi connectivity index (χ3n) is 2.93. The summed E-state index contributed by atoms with van der Waals surface area (Å²) in [5, 5.41) is 57.5. The minimum atomic E-state index is -1.20.